The van der Waals surface area contributed by atoms with E-state index in [0.29, 0.717) is 0 Å². The summed E-state index contributed by atoms with van der Waals surface area (Å²) in [4.78, 5) is 5.79. The molecule has 0 unspecified atom stereocenters. The van der Waals surface area contributed by atoms with Crippen molar-refractivity contribution in [1.82, 2.24) is 9.55 Å². The molecule has 5 heteroatoms. The van der Waals surface area contributed by atoms with Gasteiger partial charge in [-0.05, 0) is 41.1 Å². The molecule has 2 heterocycles. The van der Waals surface area contributed by atoms with Gasteiger partial charge in [0.05, 0.1) is 24.2 Å². The lowest BCUT2D eigenvalue weighted by Crippen LogP contribution is -2.06. The number of aromatic nitrogens is 2. The lowest BCUT2D eigenvalue weighted by atomic mass is 10.3. The summed E-state index contributed by atoms with van der Waals surface area (Å²) >= 11 is 5.40. The fourth-order valence-corrected chi connectivity index (χ4v) is 3.44. The molecule has 1 aliphatic heterocycles. The Morgan fingerprint density at radius 3 is 3.06 bits per heavy atom. The van der Waals surface area contributed by atoms with Crippen LogP contribution in [-0.2, 0) is 5.75 Å². The second kappa shape index (κ2) is 4.07. The maximum atomic E-state index is 5.25. The Morgan fingerprint density at radius 2 is 2.29 bits per heavy atom. The standard InChI is InChI=1S/C12H11BrN2OS/c1-7-12(13)15-9-4-3-8(16-2)5-10(9)17-6-11(15)14-7/h3-5H,6H2,1-2H3. The second-order valence-electron chi connectivity index (χ2n) is 3.86. The lowest BCUT2D eigenvalue weighted by molar-refractivity contribution is 0.413. The molecule has 1 aromatic heterocycles. The van der Waals surface area contributed by atoms with Crippen LogP contribution in [0.1, 0.15) is 11.5 Å². The monoisotopic (exact) mass is 310 g/mol. The Balaban J connectivity index is 2.22. The van der Waals surface area contributed by atoms with Gasteiger partial charge in [-0.1, -0.05) is 0 Å². The van der Waals surface area contributed by atoms with E-state index in [-0.39, 0.29) is 0 Å². The molecule has 1 aliphatic rings. The minimum absolute atomic E-state index is 0.895. The summed E-state index contributed by atoms with van der Waals surface area (Å²) in [5.41, 5.74) is 2.20. The zero-order chi connectivity index (χ0) is 12.0. The van der Waals surface area contributed by atoms with Crippen molar-refractivity contribution in [2.24, 2.45) is 0 Å². The number of hydrogen-bond acceptors (Lipinski definition) is 3. The maximum Gasteiger partial charge on any atom is 0.124 e. The van der Waals surface area contributed by atoms with Gasteiger partial charge in [0, 0.05) is 4.90 Å². The largest absolute Gasteiger partial charge is 0.497 e. The van der Waals surface area contributed by atoms with Gasteiger partial charge < -0.3 is 4.74 Å². The van der Waals surface area contributed by atoms with Gasteiger partial charge in [-0.3, -0.25) is 4.57 Å². The van der Waals surface area contributed by atoms with E-state index in [2.05, 4.69) is 37.6 Å². The smallest absolute Gasteiger partial charge is 0.124 e. The summed E-state index contributed by atoms with van der Waals surface area (Å²) in [5.74, 6) is 2.89. The van der Waals surface area contributed by atoms with Crippen molar-refractivity contribution >= 4 is 27.7 Å². The molecule has 0 atom stereocenters. The fraction of sp³-hybridized carbons (Fsp3) is 0.250. The van der Waals surface area contributed by atoms with E-state index in [9.17, 15) is 0 Å². The number of ether oxygens (including phenoxy) is 1. The summed E-state index contributed by atoms with van der Waals surface area (Å²) in [6.45, 7) is 2.02. The summed E-state index contributed by atoms with van der Waals surface area (Å²) in [5, 5.41) is 0. The molecule has 0 amide bonds. The summed E-state index contributed by atoms with van der Waals surface area (Å²) in [6, 6.07) is 6.14. The first kappa shape index (κ1) is 11.2. The van der Waals surface area contributed by atoms with Gasteiger partial charge in [-0.2, -0.15) is 0 Å². The van der Waals surface area contributed by atoms with Crippen molar-refractivity contribution in [1.29, 1.82) is 0 Å². The Bertz CT molecular complexity index is 594. The highest BCUT2D eigenvalue weighted by molar-refractivity contribution is 9.10. The average Bonchev–Trinajstić information content (AvgIpc) is 2.65. The predicted molar refractivity (Wildman–Crippen MR) is 72.1 cm³/mol. The molecule has 0 N–H and O–H groups in total. The van der Waals surface area contributed by atoms with E-state index < -0.39 is 0 Å². The lowest BCUT2D eigenvalue weighted by Gasteiger charge is -2.19. The zero-order valence-corrected chi connectivity index (χ0v) is 11.9. The molecule has 0 fully saturated rings. The highest BCUT2D eigenvalue weighted by atomic mass is 79.9. The van der Waals surface area contributed by atoms with E-state index in [1.54, 1.807) is 18.9 Å². The number of halogens is 1. The van der Waals surface area contributed by atoms with Crippen LogP contribution in [-0.4, -0.2) is 16.7 Å². The van der Waals surface area contributed by atoms with E-state index in [1.807, 2.05) is 13.0 Å². The SMILES string of the molecule is COc1ccc2c(c1)SCc1nc(C)c(Br)n1-2. The third kappa shape index (κ3) is 1.68. The highest BCUT2D eigenvalue weighted by Gasteiger charge is 2.21. The summed E-state index contributed by atoms with van der Waals surface area (Å²) in [7, 11) is 1.69. The summed E-state index contributed by atoms with van der Waals surface area (Å²) in [6.07, 6.45) is 0. The van der Waals surface area contributed by atoms with Crippen LogP contribution in [0.3, 0.4) is 0 Å². The molecule has 3 rings (SSSR count). The molecule has 0 saturated carbocycles. The number of nitrogens with zero attached hydrogens (tertiary/aromatic N) is 2. The first-order valence-electron chi connectivity index (χ1n) is 5.25. The minimum Gasteiger partial charge on any atom is -0.497 e. The molecule has 0 radical (unpaired) electrons. The average molecular weight is 311 g/mol. The van der Waals surface area contributed by atoms with Gasteiger partial charge in [0.15, 0.2) is 0 Å². The van der Waals surface area contributed by atoms with Crippen molar-refractivity contribution in [2.75, 3.05) is 7.11 Å². The number of thioether (sulfide) groups is 1. The minimum atomic E-state index is 0.895. The zero-order valence-electron chi connectivity index (χ0n) is 9.53. The molecule has 0 saturated heterocycles. The van der Waals surface area contributed by atoms with Crippen LogP contribution < -0.4 is 4.74 Å². The molecule has 0 aliphatic carbocycles. The van der Waals surface area contributed by atoms with Crippen molar-refractivity contribution in [2.45, 2.75) is 17.6 Å². The van der Waals surface area contributed by atoms with Crippen LogP contribution in [0, 0.1) is 6.92 Å². The number of rotatable bonds is 1. The van der Waals surface area contributed by atoms with Crippen LogP contribution in [0.25, 0.3) is 5.69 Å². The molecule has 17 heavy (non-hydrogen) atoms. The van der Waals surface area contributed by atoms with Gasteiger partial charge in [-0.15, -0.1) is 11.8 Å². The molecular formula is C12H11BrN2OS. The first-order valence-corrected chi connectivity index (χ1v) is 7.03. The predicted octanol–water partition coefficient (Wildman–Crippen LogP) is 3.56. The summed E-state index contributed by atoms with van der Waals surface area (Å²) < 4.78 is 8.46. The van der Waals surface area contributed by atoms with E-state index in [0.717, 1.165) is 27.6 Å². The molecular weight excluding hydrogens is 300 g/mol. The van der Waals surface area contributed by atoms with Crippen LogP contribution >= 0.6 is 27.7 Å². The van der Waals surface area contributed by atoms with Crippen molar-refractivity contribution in [3.05, 3.63) is 34.3 Å². The van der Waals surface area contributed by atoms with E-state index >= 15 is 0 Å². The third-order valence-electron chi connectivity index (χ3n) is 2.81. The number of benzene rings is 1. The fourth-order valence-electron chi connectivity index (χ4n) is 1.97. The van der Waals surface area contributed by atoms with Crippen LogP contribution in [0.2, 0.25) is 0 Å². The van der Waals surface area contributed by atoms with Crippen LogP contribution in [0.4, 0.5) is 0 Å². The van der Waals surface area contributed by atoms with Gasteiger partial charge in [-0.25, -0.2) is 4.98 Å². The van der Waals surface area contributed by atoms with Crippen molar-refractivity contribution in [3.63, 3.8) is 0 Å². The molecule has 0 spiro atoms. The Morgan fingerprint density at radius 1 is 1.47 bits per heavy atom. The number of methoxy groups -OCH3 is 1. The number of imidazole rings is 1. The van der Waals surface area contributed by atoms with E-state index in [1.165, 1.54) is 10.6 Å². The van der Waals surface area contributed by atoms with Gasteiger partial charge >= 0.3 is 0 Å². The quantitative estimate of drug-likeness (QED) is 0.806. The molecule has 0 bridgehead atoms. The highest BCUT2D eigenvalue weighted by Crippen LogP contribution is 2.39. The van der Waals surface area contributed by atoms with Gasteiger partial charge in [0.2, 0.25) is 0 Å². The Kier molecular flexibility index (Phi) is 2.67. The second-order valence-corrected chi connectivity index (χ2v) is 5.63. The Hall–Kier alpha value is -0.940. The molecule has 2 aromatic rings. The molecule has 1 aromatic carbocycles. The van der Waals surface area contributed by atoms with E-state index in [4.69, 9.17) is 4.74 Å². The number of hydrogen-bond donors (Lipinski definition) is 0. The Labute approximate surface area is 112 Å². The maximum absolute atomic E-state index is 5.25. The third-order valence-corrected chi connectivity index (χ3v) is 4.78. The molecule has 88 valence electrons. The van der Waals surface area contributed by atoms with Crippen molar-refractivity contribution < 1.29 is 4.74 Å². The number of fused-ring (bicyclic) bond motifs is 3. The van der Waals surface area contributed by atoms with Crippen LogP contribution in [0.5, 0.6) is 5.75 Å². The topological polar surface area (TPSA) is 27.1 Å². The molecule has 3 nitrogen and oxygen atoms in total. The van der Waals surface area contributed by atoms with Gasteiger partial charge in [0.25, 0.3) is 0 Å². The normalized spacial score (nSPS) is 13.1. The number of aryl methyl sites for hydroxylation is 1. The van der Waals surface area contributed by atoms with Gasteiger partial charge in [0.1, 0.15) is 16.2 Å². The van der Waals surface area contributed by atoms with Crippen LogP contribution in [0.15, 0.2) is 27.7 Å². The first-order chi connectivity index (χ1) is 8.20. The van der Waals surface area contributed by atoms with Crippen molar-refractivity contribution in [3.8, 4) is 11.4 Å².